The van der Waals surface area contributed by atoms with Crippen molar-refractivity contribution in [2.24, 2.45) is 5.73 Å². The standard InChI is InChI=1S/C9H15N3O5S/c1-4(7(14)12-9(10)17)18-3-6(8(15)16)11-5(2)13/h4,6H,3H2,1-2H3,(H,11,13)(H,15,16)(H3,10,12,14,17)/t4?,6-/m0/s1. The van der Waals surface area contributed by atoms with E-state index in [1.165, 1.54) is 13.8 Å². The number of carboxylic acid groups (broad SMARTS) is 1. The predicted octanol–water partition coefficient (Wildman–Crippen LogP) is -1.11. The molecule has 0 aromatic heterocycles. The Balaban J connectivity index is 4.26. The fourth-order valence-corrected chi connectivity index (χ4v) is 1.88. The number of carbonyl (C=O) groups is 4. The summed E-state index contributed by atoms with van der Waals surface area (Å²) in [5.74, 6) is -2.28. The lowest BCUT2D eigenvalue weighted by Crippen LogP contribution is -2.43. The Labute approximate surface area is 108 Å². The lowest BCUT2D eigenvalue weighted by atomic mass is 10.3. The molecule has 0 fully saturated rings. The van der Waals surface area contributed by atoms with Crippen molar-refractivity contribution in [2.75, 3.05) is 5.75 Å². The highest BCUT2D eigenvalue weighted by atomic mass is 32.2. The van der Waals surface area contributed by atoms with E-state index in [4.69, 9.17) is 10.8 Å². The molecule has 0 aromatic rings. The number of rotatable bonds is 6. The minimum atomic E-state index is -1.19. The number of carbonyl (C=O) groups excluding carboxylic acids is 3. The Morgan fingerprint density at radius 1 is 1.33 bits per heavy atom. The molecule has 102 valence electrons. The van der Waals surface area contributed by atoms with E-state index in [2.05, 4.69) is 5.32 Å². The Kier molecular flexibility index (Phi) is 6.79. The highest BCUT2D eigenvalue weighted by molar-refractivity contribution is 8.00. The van der Waals surface area contributed by atoms with Crippen LogP contribution >= 0.6 is 11.8 Å². The fraction of sp³-hybridized carbons (Fsp3) is 0.556. The zero-order valence-electron chi connectivity index (χ0n) is 9.93. The molecule has 0 aliphatic carbocycles. The number of primary amides is 1. The molecular formula is C9H15N3O5S. The molecule has 0 rings (SSSR count). The third kappa shape index (κ3) is 6.74. The van der Waals surface area contributed by atoms with E-state index in [-0.39, 0.29) is 5.75 Å². The average molecular weight is 277 g/mol. The van der Waals surface area contributed by atoms with Gasteiger partial charge in [0, 0.05) is 12.7 Å². The number of aliphatic carboxylic acids is 1. The summed E-state index contributed by atoms with van der Waals surface area (Å²) in [6.07, 6.45) is 0. The summed E-state index contributed by atoms with van der Waals surface area (Å²) in [6, 6.07) is -2.06. The van der Waals surface area contributed by atoms with E-state index in [0.29, 0.717) is 0 Å². The monoisotopic (exact) mass is 277 g/mol. The number of hydrogen-bond acceptors (Lipinski definition) is 5. The van der Waals surface area contributed by atoms with Gasteiger partial charge in [-0.25, -0.2) is 9.59 Å². The van der Waals surface area contributed by atoms with Gasteiger partial charge in [0.15, 0.2) is 0 Å². The molecule has 0 aromatic carbocycles. The molecule has 0 saturated carbocycles. The van der Waals surface area contributed by atoms with Crippen LogP contribution in [0.5, 0.6) is 0 Å². The van der Waals surface area contributed by atoms with Gasteiger partial charge in [0.2, 0.25) is 11.8 Å². The van der Waals surface area contributed by atoms with Crippen molar-refractivity contribution in [3.05, 3.63) is 0 Å². The maximum Gasteiger partial charge on any atom is 0.327 e. The number of carboxylic acids is 1. The second-order valence-electron chi connectivity index (χ2n) is 3.42. The zero-order valence-corrected chi connectivity index (χ0v) is 10.7. The first kappa shape index (κ1) is 16.2. The number of imide groups is 1. The first-order valence-corrected chi connectivity index (χ1v) is 6.00. The highest BCUT2D eigenvalue weighted by Gasteiger charge is 2.22. The second-order valence-corrected chi connectivity index (χ2v) is 4.79. The SMILES string of the molecule is CC(=O)N[C@@H](CSC(C)C(=O)NC(N)=O)C(=O)O. The van der Waals surface area contributed by atoms with Gasteiger partial charge in [-0.05, 0) is 6.92 Å². The summed E-state index contributed by atoms with van der Waals surface area (Å²) in [6.45, 7) is 2.69. The van der Waals surface area contributed by atoms with Crippen molar-refractivity contribution in [3.63, 3.8) is 0 Å². The third-order valence-electron chi connectivity index (χ3n) is 1.80. The number of hydrogen-bond donors (Lipinski definition) is 4. The first-order valence-electron chi connectivity index (χ1n) is 4.95. The van der Waals surface area contributed by atoms with E-state index in [1.807, 2.05) is 5.32 Å². The minimum absolute atomic E-state index is 0.00224. The maximum absolute atomic E-state index is 11.3. The van der Waals surface area contributed by atoms with Gasteiger partial charge in [0.1, 0.15) is 6.04 Å². The number of nitrogens with two attached hydrogens (primary N) is 1. The van der Waals surface area contributed by atoms with E-state index >= 15 is 0 Å². The van der Waals surface area contributed by atoms with E-state index in [0.717, 1.165) is 11.8 Å². The fourth-order valence-electron chi connectivity index (χ4n) is 0.959. The molecule has 0 aliphatic heterocycles. The Morgan fingerprint density at radius 3 is 2.28 bits per heavy atom. The summed E-state index contributed by atoms with van der Waals surface area (Å²) >= 11 is 0.990. The Hall–Kier alpha value is -1.77. The molecule has 18 heavy (non-hydrogen) atoms. The smallest absolute Gasteiger partial charge is 0.327 e. The van der Waals surface area contributed by atoms with Crippen molar-refractivity contribution in [1.82, 2.24) is 10.6 Å². The first-order chi connectivity index (χ1) is 8.23. The quantitative estimate of drug-likeness (QED) is 0.485. The average Bonchev–Trinajstić information content (AvgIpc) is 2.21. The molecule has 0 aliphatic rings. The zero-order chi connectivity index (χ0) is 14.3. The third-order valence-corrected chi connectivity index (χ3v) is 3.04. The van der Waals surface area contributed by atoms with E-state index in [1.54, 1.807) is 0 Å². The van der Waals surface area contributed by atoms with Gasteiger partial charge < -0.3 is 16.2 Å². The predicted molar refractivity (Wildman–Crippen MR) is 64.9 cm³/mol. The van der Waals surface area contributed by atoms with Gasteiger partial charge in [0.25, 0.3) is 0 Å². The van der Waals surface area contributed by atoms with Crippen molar-refractivity contribution < 1.29 is 24.3 Å². The summed E-state index contributed by atoms with van der Waals surface area (Å²) < 4.78 is 0. The molecule has 9 heteroatoms. The summed E-state index contributed by atoms with van der Waals surface area (Å²) in [7, 11) is 0. The van der Waals surface area contributed by atoms with E-state index in [9.17, 15) is 19.2 Å². The molecule has 4 amide bonds. The van der Waals surface area contributed by atoms with Crippen LogP contribution < -0.4 is 16.4 Å². The summed E-state index contributed by atoms with van der Waals surface area (Å²) in [5, 5.41) is 12.3. The highest BCUT2D eigenvalue weighted by Crippen LogP contribution is 2.12. The van der Waals surface area contributed by atoms with Gasteiger partial charge in [-0.2, -0.15) is 0 Å². The number of thioether (sulfide) groups is 1. The van der Waals surface area contributed by atoms with Crippen LogP contribution in [0.2, 0.25) is 0 Å². The van der Waals surface area contributed by atoms with Crippen molar-refractivity contribution in [1.29, 1.82) is 0 Å². The number of nitrogens with one attached hydrogen (secondary N) is 2. The van der Waals surface area contributed by atoms with Gasteiger partial charge in [0.05, 0.1) is 5.25 Å². The molecule has 0 spiro atoms. The van der Waals surface area contributed by atoms with Crippen LogP contribution in [0.3, 0.4) is 0 Å². The molecule has 0 bridgehead atoms. The van der Waals surface area contributed by atoms with E-state index < -0.39 is 35.1 Å². The van der Waals surface area contributed by atoms with Gasteiger partial charge in [-0.1, -0.05) is 0 Å². The summed E-state index contributed by atoms with van der Waals surface area (Å²) in [4.78, 5) is 43.3. The van der Waals surface area contributed by atoms with Crippen LogP contribution in [0.4, 0.5) is 4.79 Å². The summed E-state index contributed by atoms with van der Waals surface area (Å²) in [5.41, 5.74) is 4.77. The van der Waals surface area contributed by atoms with Crippen LogP contribution in [0.25, 0.3) is 0 Å². The Morgan fingerprint density at radius 2 is 1.89 bits per heavy atom. The number of amides is 4. The molecule has 5 N–H and O–H groups in total. The van der Waals surface area contributed by atoms with Crippen LogP contribution in [0.1, 0.15) is 13.8 Å². The van der Waals surface area contributed by atoms with Crippen molar-refractivity contribution in [3.8, 4) is 0 Å². The van der Waals surface area contributed by atoms with Gasteiger partial charge in [-0.15, -0.1) is 11.8 Å². The maximum atomic E-state index is 11.3. The second kappa shape index (κ2) is 7.54. The van der Waals surface area contributed by atoms with Crippen LogP contribution in [-0.4, -0.2) is 46.0 Å². The molecule has 2 atom stereocenters. The molecule has 1 unspecified atom stereocenters. The van der Waals surface area contributed by atoms with Crippen LogP contribution in [0, 0.1) is 0 Å². The van der Waals surface area contributed by atoms with Crippen molar-refractivity contribution >= 4 is 35.6 Å². The topological polar surface area (TPSA) is 139 Å². The minimum Gasteiger partial charge on any atom is -0.480 e. The van der Waals surface area contributed by atoms with Gasteiger partial charge >= 0.3 is 12.0 Å². The molecule has 0 saturated heterocycles. The van der Waals surface area contributed by atoms with Crippen LogP contribution in [-0.2, 0) is 14.4 Å². The normalized spacial score (nSPS) is 13.2. The molecular weight excluding hydrogens is 262 g/mol. The lowest BCUT2D eigenvalue weighted by molar-refractivity contribution is -0.140. The molecule has 8 nitrogen and oxygen atoms in total. The van der Waals surface area contributed by atoms with Crippen LogP contribution in [0.15, 0.2) is 0 Å². The van der Waals surface area contributed by atoms with Gasteiger partial charge in [-0.3, -0.25) is 14.9 Å². The molecule has 0 radical (unpaired) electrons. The lowest BCUT2D eigenvalue weighted by Gasteiger charge is -2.15. The largest absolute Gasteiger partial charge is 0.480 e. The molecule has 0 heterocycles. The Bertz CT molecular complexity index is 360. The number of urea groups is 1. The van der Waals surface area contributed by atoms with Crippen molar-refractivity contribution in [2.45, 2.75) is 25.1 Å².